The largest absolute Gasteiger partial charge is 0.415 e. The van der Waals surface area contributed by atoms with E-state index in [1.807, 2.05) is 24.6 Å². The van der Waals surface area contributed by atoms with Crippen LogP contribution in [-0.2, 0) is 11.3 Å². The molecule has 4 heterocycles. The van der Waals surface area contributed by atoms with Crippen LogP contribution < -0.4 is 4.90 Å². The quantitative estimate of drug-likeness (QED) is 0.215. The molecule has 0 N–H and O–H groups in total. The number of thioether (sulfide) groups is 1. The average molecular weight is 540 g/mol. The van der Waals surface area contributed by atoms with Gasteiger partial charge in [0.25, 0.3) is 5.89 Å². The van der Waals surface area contributed by atoms with Crippen molar-refractivity contribution in [1.82, 2.24) is 29.9 Å². The van der Waals surface area contributed by atoms with Gasteiger partial charge >= 0.3 is 6.43 Å². The van der Waals surface area contributed by atoms with Gasteiger partial charge in [-0.05, 0) is 69.1 Å². The summed E-state index contributed by atoms with van der Waals surface area (Å²) >= 11 is 1.56. The zero-order chi connectivity index (χ0) is 26.6. The predicted octanol–water partition coefficient (Wildman–Crippen LogP) is 5.08. The van der Waals surface area contributed by atoms with Crippen LogP contribution in [0.4, 0.5) is 14.5 Å². The Bertz CT molecular complexity index is 1380. The molecule has 5 rings (SSSR count). The van der Waals surface area contributed by atoms with Crippen LogP contribution in [0.3, 0.4) is 0 Å². The van der Waals surface area contributed by atoms with Crippen LogP contribution in [0.5, 0.6) is 0 Å². The Kier molecular flexibility index (Phi) is 7.79. The molecular weight excluding hydrogens is 512 g/mol. The van der Waals surface area contributed by atoms with Crippen molar-refractivity contribution in [2.75, 3.05) is 31.3 Å². The van der Waals surface area contributed by atoms with E-state index < -0.39 is 12.3 Å². The number of nitrogens with zero attached hydrogens (tertiary/aromatic N) is 7. The lowest BCUT2D eigenvalue weighted by Crippen LogP contribution is -2.31. The summed E-state index contributed by atoms with van der Waals surface area (Å²) < 4.78 is 32.5. The molecule has 0 radical (unpaired) electrons. The summed E-state index contributed by atoms with van der Waals surface area (Å²) in [5.41, 5.74) is 3.87. The number of benzene rings is 1. The number of aromatic nitrogens is 5. The van der Waals surface area contributed by atoms with Crippen molar-refractivity contribution < 1.29 is 18.0 Å². The van der Waals surface area contributed by atoms with Crippen molar-refractivity contribution >= 4 is 23.9 Å². The minimum Gasteiger partial charge on any atom is -0.415 e. The summed E-state index contributed by atoms with van der Waals surface area (Å²) in [5, 5.41) is 11.6. The second-order valence-electron chi connectivity index (χ2n) is 9.15. The molecule has 12 heteroatoms. The lowest BCUT2D eigenvalue weighted by atomic mass is 10.1. The van der Waals surface area contributed by atoms with Crippen molar-refractivity contribution in [3.05, 3.63) is 60.5 Å². The maximum absolute atomic E-state index is 12.7. The number of hydrogen-bond acceptors (Lipinski definition) is 8. The Hall–Kier alpha value is -3.64. The Labute approximate surface area is 222 Å². The molecule has 38 heavy (non-hydrogen) atoms. The highest BCUT2D eigenvalue weighted by molar-refractivity contribution is 7.98. The molecule has 1 amide bonds. The van der Waals surface area contributed by atoms with E-state index in [2.05, 4.69) is 49.2 Å². The van der Waals surface area contributed by atoms with Gasteiger partial charge in [-0.3, -0.25) is 14.5 Å². The van der Waals surface area contributed by atoms with Crippen LogP contribution in [0.15, 0.2) is 58.2 Å². The molecule has 0 atom stereocenters. The van der Waals surface area contributed by atoms with Gasteiger partial charge in [0.2, 0.25) is 12.3 Å². The summed E-state index contributed by atoms with van der Waals surface area (Å²) in [6, 6.07) is 9.75. The van der Waals surface area contributed by atoms with Gasteiger partial charge < -0.3 is 14.2 Å². The van der Waals surface area contributed by atoms with Crippen LogP contribution in [0.1, 0.15) is 36.9 Å². The normalized spacial score (nSPS) is 14.8. The molecule has 1 aromatic carbocycles. The van der Waals surface area contributed by atoms with Gasteiger partial charge in [-0.1, -0.05) is 6.07 Å². The molecule has 198 valence electrons. The topological polar surface area (TPSA) is 93.2 Å². The molecule has 1 saturated heterocycles. The van der Waals surface area contributed by atoms with Crippen molar-refractivity contribution in [2.45, 2.75) is 36.7 Å². The molecule has 0 bridgehead atoms. The Morgan fingerprint density at radius 3 is 2.58 bits per heavy atom. The molecular formula is C26H27F2N7O2S. The van der Waals surface area contributed by atoms with Crippen LogP contribution in [0.25, 0.3) is 22.6 Å². The highest BCUT2D eigenvalue weighted by Gasteiger charge is 2.20. The summed E-state index contributed by atoms with van der Waals surface area (Å²) in [4.78, 5) is 21.3. The van der Waals surface area contributed by atoms with Crippen molar-refractivity contribution in [3.8, 4) is 22.6 Å². The molecule has 1 fully saturated rings. The predicted molar refractivity (Wildman–Crippen MR) is 140 cm³/mol. The molecule has 4 aromatic rings. The Balaban J connectivity index is 1.31. The fourth-order valence-corrected chi connectivity index (χ4v) is 5.12. The van der Waals surface area contributed by atoms with Crippen molar-refractivity contribution in [3.63, 3.8) is 0 Å². The van der Waals surface area contributed by atoms with Crippen LogP contribution in [0, 0.1) is 0 Å². The molecule has 0 saturated carbocycles. The summed E-state index contributed by atoms with van der Waals surface area (Å²) in [6.07, 6.45) is 7.54. The van der Waals surface area contributed by atoms with E-state index in [9.17, 15) is 13.6 Å². The number of hydrogen-bond donors (Lipinski definition) is 0. The Morgan fingerprint density at radius 2 is 1.92 bits per heavy atom. The van der Waals surface area contributed by atoms with Crippen LogP contribution in [0.2, 0.25) is 0 Å². The summed E-state index contributed by atoms with van der Waals surface area (Å²) in [6.45, 7) is 2.37. The number of carbonyl (C=O) groups is 1. The molecule has 0 unspecified atom stereocenters. The van der Waals surface area contributed by atoms with Gasteiger partial charge in [0.1, 0.15) is 0 Å². The SMILES string of the molecule is CSc1cc(-c2cnn(C3CCN(C)CC3)c2)ccc1N(C=O)Cc1ccc(-c2nnc(C(F)F)o2)cn1. The standard InChI is InChI=1S/C26H27F2N7O2S/c1-33-9-7-21(8-10-33)35-14-19(13-30-35)17-4-6-22(23(11-17)38-2)34(16-36)15-20-5-3-18(12-29-20)25-31-32-26(37-25)24(27)28/h3-6,11-14,16,21,24H,7-10,15H2,1-2H3. The van der Waals surface area contributed by atoms with Gasteiger partial charge in [0, 0.05) is 22.9 Å². The van der Waals surface area contributed by atoms with Crippen LogP contribution in [-0.4, -0.2) is 62.7 Å². The second kappa shape index (κ2) is 11.4. The summed E-state index contributed by atoms with van der Waals surface area (Å²) in [7, 11) is 2.15. The van der Waals surface area contributed by atoms with Gasteiger partial charge in [-0.2, -0.15) is 13.9 Å². The zero-order valence-corrected chi connectivity index (χ0v) is 21.8. The van der Waals surface area contributed by atoms with E-state index >= 15 is 0 Å². The lowest BCUT2D eigenvalue weighted by Gasteiger charge is -2.28. The number of halogens is 2. The molecule has 1 aliphatic rings. The Morgan fingerprint density at radius 1 is 1.13 bits per heavy atom. The number of anilines is 1. The first kappa shape index (κ1) is 26.0. The monoisotopic (exact) mass is 539 g/mol. The van der Waals surface area contributed by atoms with E-state index in [-0.39, 0.29) is 12.4 Å². The highest BCUT2D eigenvalue weighted by Crippen LogP contribution is 2.34. The number of alkyl halides is 2. The maximum atomic E-state index is 12.7. The van der Waals surface area contributed by atoms with Crippen LogP contribution >= 0.6 is 11.8 Å². The van der Waals surface area contributed by atoms with E-state index in [1.165, 1.54) is 6.20 Å². The molecule has 0 spiro atoms. The fourth-order valence-electron chi connectivity index (χ4n) is 4.48. The number of rotatable bonds is 9. The second-order valence-corrected chi connectivity index (χ2v) is 10.00. The van der Waals surface area contributed by atoms with Gasteiger partial charge in [-0.25, -0.2) is 0 Å². The first-order chi connectivity index (χ1) is 18.4. The van der Waals surface area contributed by atoms with E-state index in [4.69, 9.17) is 4.42 Å². The number of amides is 1. The first-order valence-corrected chi connectivity index (χ1v) is 13.4. The molecule has 1 aliphatic heterocycles. The third-order valence-corrected chi connectivity index (χ3v) is 7.41. The third kappa shape index (κ3) is 5.60. The number of pyridine rings is 1. The lowest BCUT2D eigenvalue weighted by molar-refractivity contribution is -0.107. The first-order valence-electron chi connectivity index (χ1n) is 12.1. The van der Waals surface area contributed by atoms with E-state index in [0.717, 1.165) is 54.1 Å². The third-order valence-electron chi connectivity index (χ3n) is 6.64. The van der Waals surface area contributed by atoms with Crippen molar-refractivity contribution in [2.24, 2.45) is 0 Å². The minimum absolute atomic E-state index is 0.0361. The maximum Gasteiger partial charge on any atom is 0.314 e. The fraction of sp³-hybridized carbons (Fsp3) is 0.346. The van der Waals surface area contributed by atoms with E-state index in [1.54, 1.807) is 28.8 Å². The van der Waals surface area contributed by atoms with Crippen molar-refractivity contribution in [1.29, 1.82) is 0 Å². The summed E-state index contributed by atoms with van der Waals surface area (Å²) in [5.74, 6) is -0.774. The molecule has 0 aliphatic carbocycles. The average Bonchev–Trinajstić information content (AvgIpc) is 3.63. The molecule has 9 nitrogen and oxygen atoms in total. The van der Waals surface area contributed by atoms with Gasteiger partial charge in [-0.15, -0.1) is 22.0 Å². The number of piperidine rings is 1. The minimum atomic E-state index is -2.84. The van der Waals surface area contributed by atoms with E-state index in [0.29, 0.717) is 17.3 Å². The smallest absolute Gasteiger partial charge is 0.314 e. The highest BCUT2D eigenvalue weighted by atomic mass is 32.2. The number of carbonyl (C=O) groups excluding carboxylic acids is 1. The van der Waals surface area contributed by atoms with Gasteiger partial charge in [0.05, 0.1) is 35.7 Å². The van der Waals surface area contributed by atoms with Gasteiger partial charge in [0.15, 0.2) is 0 Å². The molecule has 3 aromatic heterocycles. The zero-order valence-electron chi connectivity index (χ0n) is 21.0. The number of likely N-dealkylation sites (tertiary alicyclic amines) is 1.